The second-order valence-electron chi connectivity index (χ2n) is 6.07. The van der Waals surface area contributed by atoms with Crippen LogP contribution in [0.2, 0.25) is 5.28 Å². The Morgan fingerprint density at radius 1 is 1.19 bits per heavy atom. The van der Waals surface area contributed by atoms with E-state index in [0.717, 1.165) is 16.8 Å². The molecule has 3 rings (SSSR count). The van der Waals surface area contributed by atoms with Gasteiger partial charge in [0, 0.05) is 31.3 Å². The molecule has 0 bridgehead atoms. The van der Waals surface area contributed by atoms with Gasteiger partial charge >= 0.3 is 0 Å². The predicted molar refractivity (Wildman–Crippen MR) is 102 cm³/mol. The topological polar surface area (TPSA) is 76.0 Å². The molecule has 1 aromatic heterocycles. The lowest BCUT2D eigenvalue weighted by Gasteiger charge is -2.07. The highest BCUT2D eigenvalue weighted by atomic mass is 35.5. The van der Waals surface area contributed by atoms with Gasteiger partial charge in [-0.05, 0) is 54.4 Å². The Bertz CT molecular complexity index is 981. The van der Waals surface area contributed by atoms with Gasteiger partial charge in [0.2, 0.25) is 11.2 Å². The summed E-state index contributed by atoms with van der Waals surface area (Å²) in [5, 5.41) is 5.92. The molecule has 0 aliphatic heterocycles. The van der Waals surface area contributed by atoms with Gasteiger partial charge in [-0.1, -0.05) is 12.1 Å². The van der Waals surface area contributed by atoms with Crippen molar-refractivity contribution in [1.29, 1.82) is 0 Å². The average Bonchev–Trinajstić information content (AvgIpc) is 2.88. The Morgan fingerprint density at radius 2 is 2.00 bits per heavy atom. The summed E-state index contributed by atoms with van der Waals surface area (Å²) in [6.45, 7) is 2.21. The van der Waals surface area contributed by atoms with Gasteiger partial charge in [0.1, 0.15) is 0 Å². The van der Waals surface area contributed by atoms with Crippen LogP contribution in [-0.4, -0.2) is 27.9 Å². The molecule has 0 unspecified atom stereocenters. The van der Waals surface area contributed by atoms with Crippen molar-refractivity contribution in [2.75, 3.05) is 11.9 Å². The van der Waals surface area contributed by atoms with Crippen LogP contribution in [0.3, 0.4) is 0 Å². The molecule has 0 aliphatic carbocycles. The molecule has 3 aromatic rings. The quantitative estimate of drug-likeness (QED) is 0.723. The molecule has 0 spiro atoms. The molecule has 6 nitrogen and oxygen atoms in total. The maximum Gasteiger partial charge on any atom is 0.251 e. The van der Waals surface area contributed by atoms with Crippen molar-refractivity contribution in [1.82, 2.24) is 14.9 Å². The Balaban J connectivity index is 1.54. The number of aromatic nitrogens is 2. The lowest BCUT2D eigenvalue weighted by molar-refractivity contribution is -0.116. The predicted octanol–water partition coefficient (Wildman–Crippen LogP) is 3.29. The molecule has 2 aromatic carbocycles. The van der Waals surface area contributed by atoms with Crippen LogP contribution in [0.1, 0.15) is 22.3 Å². The minimum Gasteiger partial charge on any atom is -0.352 e. The fraction of sp³-hybridized carbons (Fsp3) is 0.211. The van der Waals surface area contributed by atoms with Crippen molar-refractivity contribution >= 4 is 40.1 Å². The first-order valence-electron chi connectivity index (χ1n) is 8.21. The van der Waals surface area contributed by atoms with Crippen LogP contribution in [0.5, 0.6) is 0 Å². The van der Waals surface area contributed by atoms with E-state index in [-0.39, 0.29) is 24.8 Å². The zero-order valence-electron chi connectivity index (χ0n) is 14.5. The number of benzene rings is 2. The second-order valence-corrected chi connectivity index (χ2v) is 6.40. The normalized spacial score (nSPS) is 10.7. The van der Waals surface area contributed by atoms with Gasteiger partial charge in [-0.15, -0.1) is 0 Å². The summed E-state index contributed by atoms with van der Waals surface area (Å²) in [6.07, 6.45) is 0.192. The molecular formula is C19H19ClN4O2. The van der Waals surface area contributed by atoms with E-state index in [1.54, 1.807) is 22.8 Å². The van der Waals surface area contributed by atoms with E-state index >= 15 is 0 Å². The number of halogens is 1. The largest absolute Gasteiger partial charge is 0.352 e. The number of nitrogens with one attached hydrogen (secondary N) is 2. The summed E-state index contributed by atoms with van der Waals surface area (Å²) in [4.78, 5) is 28.4. The van der Waals surface area contributed by atoms with E-state index in [9.17, 15) is 9.59 Å². The number of nitrogens with zero attached hydrogens (tertiary/aromatic N) is 2. The molecule has 1 heterocycles. The van der Waals surface area contributed by atoms with E-state index in [1.165, 1.54) is 0 Å². The van der Waals surface area contributed by atoms with Crippen molar-refractivity contribution in [2.45, 2.75) is 13.3 Å². The fourth-order valence-corrected chi connectivity index (χ4v) is 2.83. The SMILES string of the molecule is Cc1cccc(NC(=O)CCNC(=O)c2ccc3c(c2)nc(Cl)n3C)c1. The van der Waals surface area contributed by atoms with Crippen LogP contribution in [0.25, 0.3) is 11.0 Å². The molecule has 134 valence electrons. The number of amides is 2. The van der Waals surface area contributed by atoms with Crippen LogP contribution in [0.4, 0.5) is 5.69 Å². The van der Waals surface area contributed by atoms with Crippen LogP contribution in [0.15, 0.2) is 42.5 Å². The maximum atomic E-state index is 12.3. The summed E-state index contributed by atoms with van der Waals surface area (Å²) in [6, 6.07) is 12.8. The number of carbonyl (C=O) groups excluding carboxylic acids is 2. The molecule has 7 heteroatoms. The number of carbonyl (C=O) groups is 2. The highest BCUT2D eigenvalue weighted by Gasteiger charge is 2.11. The minimum absolute atomic E-state index is 0.150. The standard InChI is InChI=1S/C19H19ClN4O2/c1-12-4-3-5-14(10-12)22-17(25)8-9-21-18(26)13-6-7-16-15(11-13)23-19(20)24(16)2/h3-7,10-11H,8-9H2,1-2H3,(H,21,26)(H,22,25). The summed E-state index contributed by atoms with van der Waals surface area (Å²) >= 11 is 5.99. The van der Waals surface area contributed by atoms with Gasteiger partial charge in [-0.2, -0.15) is 0 Å². The molecule has 0 saturated carbocycles. The Hall–Kier alpha value is -2.86. The third-order valence-electron chi connectivity index (χ3n) is 4.03. The van der Waals surface area contributed by atoms with Crippen molar-refractivity contribution in [2.24, 2.45) is 7.05 Å². The number of hydrogen-bond acceptors (Lipinski definition) is 3. The van der Waals surface area contributed by atoms with Crippen LogP contribution in [-0.2, 0) is 11.8 Å². The van der Waals surface area contributed by atoms with E-state index in [4.69, 9.17) is 11.6 Å². The zero-order chi connectivity index (χ0) is 18.7. The first kappa shape index (κ1) is 17.9. The van der Waals surface area contributed by atoms with E-state index < -0.39 is 0 Å². The number of aryl methyl sites for hydroxylation is 2. The molecule has 0 aliphatic rings. The molecule has 0 saturated heterocycles. The monoisotopic (exact) mass is 370 g/mol. The number of rotatable bonds is 5. The average molecular weight is 371 g/mol. The Kier molecular flexibility index (Phi) is 5.23. The minimum atomic E-state index is -0.253. The molecule has 2 amide bonds. The summed E-state index contributed by atoms with van der Waals surface area (Å²) in [5.41, 5.74) is 3.80. The maximum absolute atomic E-state index is 12.3. The summed E-state index contributed by atoms with van der Waals surface area (Å²) in [5.74, 6) is -0.403. The molecule has 0 radical (unpaired) electrons. The second kappa shape index (κ2) is 7.58. The van der Waals surface area contributed by atoms with Gasteiger partial charge in [0.25, 0.3) is 5.91 Å². The fourth-order valence-electron chi connectivity index (χ4n) is 2.65. The number of fused-ring (bicyclic) bond motifs is 1. The van der Waals surface area contributed by atoms with Gasteiger partial charge in [-0.25, -0.2) is 4.98 Å². The van der Waals surface area contributed by atoms with Gasteiger partial charge < -0.3 is 15.2 Å². The number of hydrogen-bond donors (Lipinski definition) is 2. The molecule has 2 N–H and O–H groups in total. The first-order valence-corrected chi connectivity index (χ1v) is 8.58. The van der Waals surface area contributed by atoms with Gasteiger partial charge in [0.05, 0.1) is 11.0 Å². The van der Waals surface area contributed by atoms with Crippen molar-refractivity contribution < 1.29 is 9.59 Å². The number of anilines is 1. The Labute approximate surface area is 156 Å². The molecule has 26 heavy (non-hydrogen) atoms. The van der Waals surface area contributed by atoms with Gasteiger partial charge in [-0.3, -0.25) is 9.59 Å². The van der Waals surface area contributed by atoms with Crippen LogP contribution >= 0.6 is 11.6 Å². The van der Waals surface area contributed by atoms with E-state index in [0.29, 0.717) is 16.4 Å². The van der Waals surface area contributed by atoms with Crippen LogP contribution < -0.4 is 10.6 Å². The summed E-state index contributed by atoms with van der Waals surface area (Å²) < 4.78 is 1.74. The van der Waals surface area contributed by atoms with Crippen molar-refractivity contribution in [3.8, 4) is 0 Å². The van der Waals surface area contributed by atoms with Crippen molar-refractivity contribution in [3.05, 3.63) is 58.9 Å². The molecular weight excluding hydrogens is 352 g/mol. The molecule has 0 fully saturated rings. The lowest BCUT2D eigenvalue weighted by Crippen LogP contribution is -2.27. The summed E-state index contributed by atoms with van der Waals surface area (Å²) in [7, 11) is 1.81. The van der Waals surface area contributed by atoms with Crippen LogP contribution in [0, 0.1) is 6.92 Å². The first-order chi connectivity index (χ1) is 12.4. The highest BCUT2D eigenvalue weighted by Crippen LogP contribution is 2.19. The third-order valence-corrected chi connectivity index (χ3v) is 4.37. The van der Waals surface area contributed by atoms with Gasteiger partial charge in [0.15, 0.2) is 0 Å². The third kappa shape index (κ3) is 4.03. The molecule has 0 atom stereocenters. The van der Waals surface area contributed by atoms with E-state index in [2.05, 4.69) is 15.6 Å². The smallest absolute Gasteiger partial charge is 0.251 e. The zero-order valence-corrected chi connectivity index (χ0v) is 15.3. The van der Waals surface area contributed by atoms with Crippen molar-refractivity contribution in [3.63, 3.8) is 0 Å². The lowest BCUT2D eigenvalue weighted by atomic mass is 10.2. The highest BCUT2D eigenvalue weighted by molar-refractivity contribution is 6.29. The Morgan fingerprint density at radius 3 is 2.77 bits per heavy atom. The number of imidazole rings is 1. The van der Waals surface area contributed by atoms with E-state index in [1.807, 2.05) is 38.2 Å².